The molecule has 3 heteroatoms. The lowest BCUT2D eigenvalue weighted by Gasteiger charge is -2.08. The van der Waals surface area contributed by atoms with Gasteiger partial charge in [-0.05, 0) is 0 Å². The van der Waals surface area contributed by atoms with Gasteiger partial charge in [0.1, 0.15) is 18.3 Å². The minimum absolute atomic E-state index is 0.206. The topological polar surface area (TPSA) is 49.7 Å². The van der Waals surface area contributed by atoms with Gasteiger partial charge in [0.15, 0.2) is 0 Å². The predicted molar refractivity (Wildman–Crippen MR) is 32.0 cm³/mol. The van der Waals surface area contributed by atoms with Crippen LogP contribution in [0, 0.1) is 0 Å². The fourth-order valence-electron chi connectivity index (χ4n) is 0.833. The van der Waals surface area contributed by atoms with Gasteiger partial charge in [-0.2, -0.15) is 0 Å². The summed E-state index contributed by atoms with van der Waals surface area (Å²) in [7, 11) is 0. The van der Waals surface area contributed by atoms with E-state index >= 15 is 0 Å². The Balaban J connectivity index is 2.50. The molecule has 0 radical (unpaired) electrons. The first-order chi connectivity index (χ1) is 4.25. The van der Waals surface area contributed by atoms with Crippen LogP contribution < -0.4 is 0 Å². The monoisotopic (exact) mass is 130 g/mol. The van der Waals surface area contributed by atoms with Crippen molar-refractivity contribution in [2.75, 3.05) is 6.61 Å². The van der Waals surface area contributed by atoms with Crippen LogP contribution in [0.5, 0.6) is 0 Å². The highest BCUT2D eigenvalue weighted by Crippen LogP contribution is 2.13. The van der Waals surface area contributed by atoms with Crippen molar-refractivity contribution in [3.63, 3.8) is 0 Å². The van der Waals surface area contributed by atoms with E-state index in [1.54, 1.807) is 0 Å². The Labute approximate surface area is 53.6 Å². The Hall–Kier alpha value is -0.380. The molecule has 1 aliphatic rings. The van der Waals surface area contributed by atoms with Crippen molar-refractivity contribution in [3.05, 3.63) is 12.7 Å². The summed E-state index contributed by atoms with van der Waals surface area (Å²) in [5.41, 5.74) is 0. The van der Waals surface area contributed by atoms with Crippen LogP contribution in [0.25, 0.3) is 0 Å². The largest absolute Gasteiger partial charge is 0.388 e. The first-order valence-corrected chi connectivity index (χ1v) is 2.86. The van der Waals surface area contributed by atoms with Gasteiger partial charge < -0.3 is 14.9 Å². The maximum atomic E-state index is 9.01. The molecule has 1 fully saturated rings. The lowest BCUT2D eigenvalue weighted by Crippen LogP contribution is -2.28. The molecule has 2 N–H and O–H groups in total. The molecule has 0 aromatic rings. The van der Waals surface area contributed by atoms with Crippen molar-refractivity contribution in [1.82, 2.24) is 0 Å². The van der Waals surface area contributed by atoms with E-state index in [0.29, 0.717) is 0 Å². The molecule has 0 aromatic heterocycles. The summed E-state index contributed by atoms with van der Waals surface area (Å²) in [6, 6.07) is 0. The summed E-state index contributed by atoms with van der Waals surface area (Å²) in [5.74, 6) is 0. The molecule has 0 saturated carbocycles. The van der Waals surface area contributed by atoms with E-state index in [9.17, 15) is 0 Å². The molecule has 52 valence electrons. The highest BCUT2D eigenvalue weighted by atomic mass is 16.5. The van der Waals surface area contributed by atoms with Crippen LogP contribution in [-0.2, 0) is 4.74 Å². The highest BCUT2D eigenvalue weighted by Gasteiger charge is 2.31. The lowest BCUT2D eigenvalue weighted by molar-refractivity contribution is 0.0421. The summed E-state index contributed by atoms with van der Waals surface area (Å²) in [5, 5.41) is 17.9. The quantitative estimate of drug-likeness (QED) is 0.461. The van der Waals surface area contributed by atoms with E-state index in [4.69, 9.17) is 14.9 Å². The zero-order chi connectivity index (χ0) is 6.85. The van der Waals surface area contributed by atoms with Crippen LogP contribution in [0.1, 0.15) is 0 Å². The minimum Gasteiger partial charge on any atom is -0.388 e. The minimum atomic E-state index is -0.789. The molecule has 0 unspecified atom stereocenters. The summed E-state index contributed by atoms with van der Waals surface area (Å²) in [6.45, 7) is 3.64. The highest BCUT2D eigenvalue weighted by molar-refractivity contribution is 4.93. The van der Waals surface area contributed by atoms with Crippen LogP contribution >= 0.6 is 0 Å². The SMILES string of the molecule is C=C[C@H]1OC[C@H](O)[C@H]1O. The molecule has 0 spiro atoms. The summed E-state index contributed by atoms with van der Waals surface area (Å²) in [6.07, 6.45) is -0.434. The van der Waals surface area contributed by atoms with E-state index in [2.05, 4.69) is 6.58 Å². The Kier molecular flexibility index (Phi) is 1.85. The van der Waals surface area contributed by atoms with Gasteiger partial charge in [-0.3, -0.25) is 0 Å². The lowest BCUT2D eigenvalue weighted by atomic mass is 10.1. The van der Waals surface area contributed by atoms with Gasteiger partial charge in [-0.15, -0.1) is 6.58 Å². The number of hydrogen-bond donors (Lipinski definition) is 2. The number of aliphatic hydroxyl groups is 2. The van der Waals surface area contributed by atoms with Gasteiger partial charge >= 0.3 is 0 Å². The first-order valence-electron chi connectivity index (χ1n) is 2.86. The van der Waals surface area contributed by atoms with Gasteiger partial charge in [0.25, 0.3) is 0 Å². The normalized spacial score (nSPS) is 43.1. The molecule has 3 nitrogen and oxygen atoms in total. The molecular formula is C6H10O3. The third kappa shape index (κ3) is 1.13. The zero-order valence-electron chi connectivity index (χ0n) is 5.03. The Morgan fingerprint density at radius 2 is 2.22 bits per heavy atom. The van der Waals surface area contributed by atoms with Gasteiger partial charge in [-0.25, -0.2) is 0 Å². The molecule has 0 aliphatic carbocycles. The van der Waals surface area contributed by atoms with Gasteiger partial charge in [0.05, 0.1) is 6.61 Å². The van der Waals surface area contributed by atoms with Gasteiger partial charge in [0, 0.05) is 0 Å². The van der Waals surface area contributed by atoms with E-state index in [-0.39, 0.29) is 12.7 Å². The van der Waals surface area contributed by atoms with Crippen LogP contribution in [-0.4, -0.2) is 35.1 Å². The maximum Gasteiger partial charge on any atom is 0.112 e. The molecule has 0 bridgehead atoms. The smallest absolute Gasteiger partial charge is 0.112 e. The van der Waals surface area contributed by atoms with Crippen molar-refractivity contribution in [2.24, 2.45) is 0 Å². The van der Waals surface area contributed by atoms with E-state index in [1.807, 2.05) is 0 Å². The van der Waals surface area contributed by atoms with E-state index in [0.717, 1.165) is 0 Å². The van der Waals surface area contributed by atoms with Crippen molar-refractivity contribution >= 4 is 0 Å². The number of aliphatic hydroxyl groups excluding tert-OH is 2. The fraction of sp³-hybridized carbons (Fsp3) is 0.667. The van der Waals surface area contributed by atoms with E-state index in [1.165, 1.54) is 6.08 Å². The molecule has 0 amide bonds. The second-order valence-corrected chi connectivity index (χ2v) is 2.09. The Morgan fingerprint density at radius 3 is 2.44 bits per heavy atom. The summed E-state index contributed by atoms with van der Waals surface area (Å²) >= 11 is 0. The number of hydrogen-bond acceptors (Lipinski definition) is 3. The van der Waals surface area contributed by atoms with Crippen molar-refractivity contribution in [2.45, 2.75) is 18.3 Å². The van der Waals surface area contributed by atoms with Gasteiger partial charge in [-0.1, -0.05) is 6.08 Å². The Bertz CT molecular complexity index is 113. The molecule has 9 heavy (non-hydrogen) atoms. The van der Waals surface area contributed by atoms with Crippen molar-refractivity contribution in [1.29, 1.82) is 0 Å². The molecule has 1 aliphatic heterocycles. The summed E-state index contributed by atoms with van der Waals surface area (Å²) < 4.78 is 4.91. The maximum absolute atomic E-state index is 9.01. The third-order valence-corrected chi connectivity index (χ3v) is 1.42. The van der Waals surface area contributed by atoms with E-state index < -0.39 is 12.2 Å². The molecule has 3 atom stereocenters. The second-order valence-electron chi connectivity index (χ2n) is 2.09. The predicted octanol–water partition coefficient (Wildman–Crippen LogP) is -0.707. The van der Waals surface area contributed by atoms with Crippen LogP contribution in [0.3, 0.4) is 0 Å². The van der Waals surface area contributed by atoms with Crippen molar-refractivity contribution in [3.8, 4) is 0 Å². The second kappa shape index (κ2) is 2.47. The Morgan fingerprint density at radius 1 is 1.56 bits per heavy atom. The van der Waals surface area contributed by atoms with Crippen LogP contribution in [0.15, 0.2) is 12.7 Å². The third-order valence-electron chi connectivity index (χ3n) is 1.42. The van der Waals surface area contributed by atoms with Crippen molar-refractivity contribution < 1.29 is 14.9 Å². The molecular weight excluding hydrogens is 120 g/mol. The standard InChI is InChI=1S/C6H10O3/c1-2-5-6(8)4(7)3-9-5/h2,4-8H,1,3H2/t4-,5+,6+/m0/s1. The molecule has 1 rings (SSSR count). The number of rotatable bonds is 1. The van der Waals surface area contributed by atoms with Crippen LogP contribution in [0.4, 0.5) is 0 Å². The first kappa shape index (κ1) is 6.74. The molecule has 1 heterocycles. The summed E-state index contributed by atoms with van der Waals surface area (Å²) in [4.78, 5) is 0. The molecule has 0 aromatic carbocycles. The molecule has 1 saturated heterocycles. The average Bonchev–Trinajstić information content (AvgIpc) is 2.15. The number of ether oxygens (including phenoxy) is 1. The zero-order valence-corrected chi connectivity index (χ0v) is 5.03. The van der Waals surface area contributed by atoms with Gasteiger partial charge in [0.2, 0.25) is 0 Å². The van der Waals surface area contributed by atoms with Crippen LogP contribution in [0.2, 0.25) is 0 Å². The average molecular weight is 130 g/mol. The fourth-order valence-corrected chi connectivity index (χ4v) is 0.833.